The quantitative estimate of drug-likeness (QED) is 0.929. The number of rotatable bonds is 4. The van der Waals surface area contributed by atoms with Crippen LogP contribution in [0, 0.1) is 5.82 Å². The molecule has 1 saturated carbocycles. The first-order chi connectivity index (χ1) is 9.72. The number of hydrogen-bond acceptors (Lipinski definition) is 3. The molecule has 1 N–H and O–H groups in total. The Morgan fingerprint density at radius 2 is 2.00 bits per heavy atom. The molecule has 1 fully saturated rings. The average Bonchev–Trinajstić information content (AvgIpc) is 3.30. The van der Waals surface area contributed by atoms with Gasteiger partial charge in [-0.2, -0.15) is 0 Å². The fourth-order valence-electron chi connectivity index (χ4n) is 2.06. The molecule has 3 rings (SSSR count). The highest BCUT2D eigenvalue weighted by molar-refractivity contribution is 5.93. The molecule has 5 heteroatoms. The van der Waals surface area contributed by atoms with Crippen LogP contribution in [0.15, 0.2) is 36.9 Å². The van der Waals surface area contributed by atoms with Gasteiger partial charge in [-0.3, -0.25) is 14.8 Å². The molecule has 0 aliphatic heterocycles. The Labute approximate surface area is 116 Å². The van der Waals surface area contributed by atoms with E-state index in [2.05, 4.69) is 21.4 Å². The maximum Gasteiger partial charge on any atom is 0.253 e. The second-order valence-electron chi connectivity index (χ2n) is 4.98. The van der Waals surface area contributed by atoms with E-state index in [1.165, 1.54) is 30.7 Å². The second-order valence-corrected chi connectivity index (χ2v) is 4.98. The molecule has 0 bridgehead atoms. The summed E-state index contributed by atoms with van der Waals surface area (Å²) in [6, 6.07) is 3.23. The van der Waals surface area contributed by atoms with Crippen LogP contribution in [0.1, 0.15) is 40.2 Å². The number of nitrogens with one attached hydrogen (secondary N) is 1. The zero-order valence-electron chi connectivity index (χ0n) is 10.8. The molecule has 2 aromatic rings. The van der Waals surface area contributed by atoms with E-state index in [0.29, 0.717) is 12.5 Å². The maximum absolute atomic E-state index is 13.0. The molecule has 0 aromatic carbocycles. The minimum atomic E-state index is -0.518. The van der Waals surface area contributed by atoms with Crippen LogP contribution in [-0.4, -0.2) is 15.9 Å². The molecule has 1 amide bonds. The predicted octanol–water partition coefficient (Wildman–Crippen LogP) is 2.42. The summed E-state index contributed by atoms with van der Waals surface area (Å²) in [7, 11) is 0. The van der Waals surface area contributed by atoms with E-state index >= 15 is 0 Å². The molecular weight excluding hydrogens is 257 g/mol. The van der Waals surface area contributed by atoms with Crippen LogP contribution in [0.5, 0.6) is 0 Å². The zero-order chi connectivity index (χ0) is 13.9. The van der Waals surface area contributed by atoms with Crippen molar-refractivity contribution in [2.75, 3.05) is 0 Å². The molecule has 102 valence electrons. The lowest BCUT2D eigenvalue weighted by Gasteiger charge is -2.06. The molecule has 0 atom stereocenters. The van der Waals surface area contributed by atoms with Crippen LogP contribution in [0.25, 0.3) is 0 Å². The van der Waals surface area contributed by atoms with Gasteiger partial charge in [0.05, 0.1) is 11.8 Å². The van der Waals surface area contributed by atoms with Crippen molar-refractivity contribution in [1.82, 2.24) is 15.3 Å². The van der Waals surface area contributed by atoms with Crippen LogP contribution in [-0.2, 0) is 6.54 Å². The van der Waals surface area contributed by atoms with E-state index in [0.717, 1.165) is 11.8 Å². The summed E-state index contributed by atoms with van der Waals surface area (Å²) < 4.78 is 13.0. The van der Waals surface area contributed by atoms with E-state index < -0.39 is 5.82 Å². The van der Waals surface area contributed by atoms with Gasteiger partial charge in [-0.05, 0) is 36.0 Å². The highest BCUT2D eigenvalue weighted by Gasteiger charge is 2.23. The highest BCUT2D eigenvalue weighted by atomic mass is 19.1. The Bertz CT molecular complexity index is 641. The summed E-state index contributed by atoms with van der Waals surface area (Å²) in [5.74, 6) is -0.227. The molecular formula is C15H14FN3O. The summed E-state index contributed by atoms with van der Waals surface area (Å²) in [6.45, 7) is 0.378. The number of halogens is 1. The van der Waals surface area contributed by atoms with Crippen molar-refractivity contribution >= 4 is 5.91 Å². The third-order valence-corrected chi connectivity index (χ3v) is 3.28. The zero-order valence-corrected chi connectivity index (χ0v) is 10.8. The number of pyridine rings is 2. The summed E-state index contributed by atoms with van der Waals surface area (Å²) in [5.41, 5.74) is 2.40. The maximum atomic E-state index is 13.0. The van der Waals surface area contributed by atoms with Gasteiger partial charge in [0, 0.05) is 25.1 Å². The SMILES string of the molecule is O=C(NCc1cncc(C2CC2)c1)c1cncc(F)c1. The van der Waals surface area contributed by atoms with E-state index in [9.17, 15) is 9.18 Å². The van der Waals surface area contributed by atoms with Gasteiger partial charge in [-0.1, -0.05) is 6.07 Å². The van der Waals surface area contributed by atoms with E-state index in [-0.39, 0.29) is 11.5 Å². The highest BCUT2D eigenvalue weighted by Crippen LogP contribution is 2.39. The number of carbonyl (C=O) groups is 1. The number of nitrogens with zero attached hydrogens (tertiary/aromatic N) is 2. The molecule has 0 spiro atoms. The number of aromatic nitrogens is 2. The molecule has 2 heterocycles. The summed E-state index contributed by atoms with van der Waals surface area (Å²) in [6.07, 6.45) is 8.45. The van der Waals surface area contributed by atoms with Crippen LogP contribution in [0.2, 0.25) is 0 Å². The van der Waals surface area contributed by atoms with Gasteiger partial charge in [0.2, 0.25) is 0 Å². The minimum Gasteiger partial charge on any atom is -0.348 e. The fraction of sp³-hybridized carbons (Fsp3) is 0.267. The Kier molecular flexibility index (Phi) is 3.41. The lowest BCUT2D eigenvalue weighted by molar-refractivity contribution is 0.0950. The first-order valence-electron chi connectivity index (χ1n) is 6.55. The van der Waals surface area contributed by atoms with Gasteiger partial charge in [0.25, 0.3) is 5.91 Å². The first-order valence-corrected chi connectivity index (χ1v) is 6.55. The van der Waals surface area contributed by atoms with Crippen molar-refractivity contribution in [3.63, 3.8) is 0 Å². The monoisotopic (exact) mass is 271 g/mol. The standard InChI is InChI=1S/C15H14FN3O/c16-14-4-13(8-18-9-14)15(20)19-6-10-3-12(7-17-5-10)11-1-2-11/h3-5,7-9,11H,1-2,6H2,(H,19,20). The van der Waals surface area contributed by atoms with Crippen molar-refractivity contribution in [2.45, 2.75) is 25.3 Å². The minimum absolute atomic E-state index is 0.219. The van der Waals surface area contributed by atoms with Crippen molar-refractivity contribution in [1.29, 1.82) is 0 Å². The van der Waals surface area contributed by atoms with Crippen LogP contribution >= 0.6 is 0 Å². The summed E-state index contributed by atoms with van der Waals surface area (Å²) >= 11 is 0. The number of hydrogen-bond donors (Lipinski definition) is 1. The molecule has 2 aromatic heterocycles. The Morgan fingerprint density at radius 3 is 2.75 bits per heavy atom. The van der Waals surface area contributed by atoms with Crippen molar-refractivity contribution in [3.05, 3.63) is 59.4 Å². The smallest absolute Gasteiger partial charge is 0.253 e. The van der Waals surface area contributed by atoms with Gasteiger partial charge in [-0.25, -0.2) is 4.39 Å². The van der Waals surface area contributed by atoms with Crippen LogP contribution < -0.4 is 5.32 Å². The lowest BCUT2D eigenvalue weighted by atomic mass is 10.1. The molecule has 0 saturated heterocycles. The average molecular weight is 271 g/mol. The Morgan fingerprint density at radius 1 is 1.20 bits per heavy atom. The third kappa shape index (κ3) is 2.99. The predicted molar refractivity (Wildman–Crippen MR) is 71.6 cm³/mol. The van der Waals surface area contributed by atoms with E-state index in [1.54, 1.807) is 6.20 Å². The van der Waals surface area contributed by atoms with Gasteiger partial charge in [0.1, 0.15) is 5.82 Å². The molecule has 1 aliphatic carbocycles. The van der Waals surface area contributed by atoms with Crippen LogP contribution in [0.4, 0.5) is 4.39 Å². The Balaban J connectivity index is 1.64. The van der Waals surface area contributed by atoms with Gasteiger partial charge in [-0.15, -0.1) is 0 Å². The number of amides is 1. The first kappa shape index (κ1) is 12.7. The molecule has 1 aliphatic rings. The fourth-order valence-corrected chi connectivity index (χ4v) is 2.06. The number of carbonyl (C=O) groups excluding carboxylic acids is 1. The molecule has 20 heavy (non-hydrogen) atoms. The van der Waals surface area contributed by atoms with Gasteiger partial charge < -0.3 is 5.32 Å². The van der Waals surface area contributed by atoms with Gasteiger partial charge >= 0.3 is 0 Å². The summed E-state index contributed by atoms with van der Waals surface area (Å²) in [4.78, 5) is 19.7. The third-order valence-electron chi connectivity index (χ3n) is 3.28. The molecule has 0 unspecified atom stereocenters. The van der Waals surface area contributed by atoms with Gasteiger partial charge in [0.15, 0.2) is 0 Å². The van der Waals surface area contributed by atoms with Crippen molar-refractivity contribution < 1.29 is 9.18 Å². The van der Waals surface area contributed by atoms with Crippen molar-refractivity contribution in [2.24, 2.45) is 0 Å². The lowest BCUT2D eigenvalue weighted by Crippen LogP contribution is -2.23. The van der Waals surface area contributed by atoms with Crippen LogP contribution in [0.3, 0.4) is 0 Å². The second kappa shape index (κ2) is 5.36. The van der Waals surface area contributed by atoms with Crippen molar-refractivity contribution in [3.8, 4) is 0 Å². The molecule has 0 radical (unpaired) electrons. The summed E-state index contributed by atoms with van der Waals surface area (Å²) in [5, 5.41) is 2.74. The largest absolute Gasteiger partial charge is 0.348 e. The normalized spacial score (nSPS) is 14.1. The molecule has 4 nitrogen and oxygen atoms in total. The van der Waals surface area contributed by atoms with E-state index in [4.69, 9.17) is 0 Å². The topological polar surface area (TPSA) is 54.9 Å². The Hall–Kier alpha value is -2.30. The van der Waals surface area contributed by atoms with E-state index in [1.807, 2.05) is 6.20 Å².